The number of benzene rings is 2. The highest BCUT2D eigenvalue weighted by Gasteiger charge is 2.19. The second-order valence-corrected chi connectivity index (χ2v) is 7.59. The third-order valence-electron chi connectivity index (χ3n) is 3.87. The van der Waals surface area contributed by atoms with Crippen molar-refractivity contribution in [3.05, 3.63) is 57.8 Å². The van der Waals surface area contributed by atoms with Crippen LogP contribution in [0.3, 0.4) is 0 Å². The Labute approximate surface area is 150 Å². The lowest BCUT2D eigenvalue weighted by atomic mass is 10.1. The molecule has 0 aliphatic carbocycles. The summed E-state index contributed by atoms with van der Waals surface area (Å²) in [4.78, 5) is 17.0. The number of carbonyl (C=O) groups is 1. The number of nitrogens with one attached hydrogen (secondary N) is 1. The Bertz CT molecular complexity index is 1100. The minimum Gasteiger partial charge on any atom is -0.451 e. The van der Waals surface area contributed by atoms with Gasteiger partial charge in [0.05, 0.1) is 10.2 Å². The minimum atomic E-state index is -0.282. The highest BCUT2D eigenvalue weighted by Crippen LogP contribution is 2.30. The first-order chi connectivity index (χ1) is 11.5. The first-order valence-electron chi connectivity index (χ1n) is 7.38. The predicted molar refractivity (Wildman–Crippen MR) is 101 cm³/mol. The van der Waals surface area contributed by atoms with Crippen LogP contribution in [-0.2, 0) is 0 Å². The molecule has 0 bridgehead atoms. The molecular formula is C18H13BrN2O2S. The number of hydrogen-bond acceptors (Lipinski definition) is 4. The van der Waals surface area contributed by atoms with Crippen molar-refractivity contribution in [2.45, 2.75) is 13.8 Å². The summed E-state index contributed by atoms with van der Waals surface area (Å²) in [5.41, 5.74) is 3.57. The number of halogens is 1. The smallest absolute Gasteiger partial charge is 0.293 e. The van der Waals surface area contributed by atoms with E-state index >= 15 is 0 Å². The summed E-state index contributed by atoms with van der Waals surface area (Å²) in [7, 11) is 0. The molecule has 0 saturated carbocycles. The van der Waals surface area contributed by atoms with E-state index in [0.717, 1.165) is 25.6 Å². The van der Waals surface area contributed by atoms with Gasteiger partial charge in [-0.3, -0.25) is 10.1 Å². The number of fused-ring (bicyclic) bond motifs is 2. The first-order valence-corrected chi connectivity index (χ1v) is 8.99. The number of aryl methyl sites for hydroxylation is 2. The van der Waals surface area contributed by atoms with Gasteiger partial charge in [0.1, 0.15) is 5.58 Å². The van der Waals surface area contributed by atoms with E-state index in [1.54, 1.807) is 0 Å². The molecule has 2 aromatic heterocycles. The maximum atomic E-state index is 12.6. The number of rotatable bonds is 2. The van der Waals surface area contributed by atoms with Crippen LogP contribution in [0, 0.1) is 13.8 Å². The molecule has 0 atom stereocenters. The van der Waals surface area contributed by atoms with Crippen LogP contribution in [0.1, 0.15) is 21.7 Å². The molecule has 0 unspecified atom stereocenters. The molecule has 0 spiro atoms. The number of nitrogens with zero attached hydrogens (tertiary/aromatic N) is 1. The van der Waals surface area contributed by atoms with Crippen molar-refractivity contribution < 1.29 is 9.21 Å². The fraction of sp³-hybridized carbons (Fsp3) is 0.111. The Hall–Kier alpha value is -2.18. The highest BCUT2D eigenvalue weighted by molar-refractivity contribution is 9.10. The largest absolute Gasteiger partial charge is 0.451 e. The van der Waals surface area contributed by atoms with Gasteiger partial charge in [-0.15, -0.1) is 0 Å². The zero-order valence-corrected chi connectivity index (χ0v) is 15.4. The monoisotopic (exact) mass is 400 g/mol. The molecular weight excluding hydrogens is 388 g/mol. The number of amides is 1. The van der Waals surface area contributed by atoms with E-state index in [1.807, 2.05) is 44.2 Å². The van der Waals surface area contributed by atoms with Crippen molar-refractivity contribution in [3.63, 3.8) is 0 Å². The second kappa shape index (κ2) is 5.72. The molecule has 0 fully saturated rings. The van der Waals surface area contributed by atoms with E-state index in [4.69, 9.17) is 4.42 Å². The average Bonchev–Trinajstić information content (AvgIpc) is 3.08. The van der Waals surface area contributed by atoms with Crippen molar-refractivity contribution in [1.29, 1.82) is 0 Å². The Morgan fingerprint density at radius 2 is 2.04 bits per heavy atom. The molecule has 120 valence electrons. The van der Waals surface area contributed by atoms with Gasteiger partial charge in [-0.2, -0.15) is 0 Å². The van der Waals surface area contributed by atoms with E-state index in [0.29, 0.717) is 16.5 Å². The fourth-order valence-electron chi connectivity index (χ4n) is 2.65. The molecule has 2 aromatic carbocycles. The SMILES string of the molecule is Cc1ccc2nc(NC(=O)c3oc4ccc(Br)cc4c3C)sc2c1. The zero-order chi connectivity index (χ0) is 16.8. The van der Waals surface area contributed by atoms with E-state index in [1.165, 1.54) is 16.9 Å². The molecule has 6 heteroatoms. The van der Waals surface area contributed by atoms with Crippen LogP contribution < -0.4 is 5.32 Å². The Balaban J connectivity index is 1.69. The van der Waals surface area contributed by atoms with Crippen LogP contribution in [0.2, 0.25) is 0 Å². The first kappa shape index (κ1) is 15.4. The lowest BCUT2D eigenvalue weighted by Crippen LogP contribution is -2.11. The zero-order valence-electron chi connectivity index (χ0n) is 13.0. The third-order valence-corrected chi connectivity index (χ3v) is 5.30. The van der Waals surface area contributed by atoms with Crippen LogP contribution in [0.5, 0.6) is 0 Å². The van der Waals surface area contributed by atoms with Gasteiger partial charge in [0.25, 0.3) is 5.91 Å². The molecule has 1 amide bonds. The quantitative estimate of drug-likeness (QED) is 0.471. The number of aromatic nitrogens is 1. The standard InChI is InChI=1S/C18H13BrN2O2S/c1-9-3-5-13-15(7-9)24-18(20-13)21-17(22)16-10(2)12-8-11(19)4-6-14(12)23-16/h3-8H,1-2H3,(H,20,21,22). The third kappa shape index (κ3) is 2.61. The van der Waals surface area contributed by atoms with Crippen molar-refractivity contribution in [2.75, 3.05) is 5.32 Å². The predicted octanol–water partition coefficient (Wildman–Crippen LogP) is 5.67. The van der Waals surface area contributed by atoms with Crippen molar-refractivity contribution in [2.24, 2.45) is 0 Å². The van der Waals surface area contributed by atoms with Gasteiger partial charge in [0, 0.05) is 15.4 Å². The summed E-state index contributed by atoms with van der Waals surface area (Å²) < 4.78 is 7.73. The molecule has 1 N–H and O–H groups in total. The average molecular weight is 401 g/mol. The van der Waals surface area contributed by atoms with Gasteiger partial charge in [0.2, 0.25) is 0 Å². The van der Waals surface area contributed by atoms with Crippen molar-refractivity contribution in [3.8, 4) is 0 Å². The lowest BCUT2D eigenvalue weighted by Gasteiger charge is -1.98. The fourth-order valence-corrected chi connectivity index (χ4v) is 3.97. The minimum absolute atomic E-state index is 0.282. The topological polar surface area (TPSA) is 55.1 Å². The van der Waals surface area contributed by atoms with Gasteiger partial charge < -0.3 is 4.42 Å². The van der Waals surface area contributed by atoms with Crippen LogP contribution >= 0.6 is 27.3 Å². The number of carbonyl (C=O) groups excluding carboxylic acids is 1. The summed E-state index contributed by atoms with van der Waals surface area (Å²) in [6, 6.07) is 11.7. The Morgan fingerprint density at radius 1 is 1.21 bits per heavy atom. The summed E-state index contributed by atoms with van der Waals surface area (Å²) in [5, 5.41) is 4.34. The Kier molecular flexibility index (Phi) is 3.66. The molecule has 2 heterocycles. The van der Waals surface area contributed by atoms with Crippen LogP contribution in [0.4, 0.5) is 5.13 Å². The van der Waals surface area contributed by atoms with Crippen molar-refractivity contribution >= 4 is 59.5 Å². The molecule has 4 aromatic rings. The lowest BCUT2D eigenvalue weighted by molar-refractivity contribution is 0.0998. The molecule has 0 aliphatic rings. The molecule has 0 saturated heterocycles. The summed E-state index contributed by atoms with van der Waals surface area (Å²) in [6.07, 6.45) is 0. The highest BCUT2D eigenvalue weighted by atomic mass is 79.9. The van der Waals surface area contributed by atoms with E-state index in [-0.39, 0.29) is 5.91 Å². The number of hydrogen-bond donors (Lipinski definition) is 1. The molecule has 0 radical (unpaired) electrons. The summed E-state index contributed by atoms with van der Waals surface area (Å²) in [6.45, 7) is 3.92. The molecule has 4 nitrogen and oxygen atoms in total. The number of thiazole rings is 1. The Morgan fingerprint density at radius 3 is 2.88 bits per heavy atom. The van der Waals surface area contributed by atoms with Crippen LogP contribution in [0.25, 0.3) is 21.2 Å². The normalized spacial score (nSPS) is 11.3. The van der Waals surface area contributed by atoms with Gasteiger partial charge >= 0.3 is 0 Å². The van der Waals surface area contributed by atoms with Crippen LogP contribution in [0.15, 0.2) is 45.3 Å². The number of furan rings is 1. The number of anilines is 1. The van der Waals surface area contributed by atoms with Gasteiger partial charge in [-0.05, 0) is 49.7 Å². The van der Waals surface area contributed by atoms with E-state index in [2.05, 4.69) is 32.3 Å². The summed E-state index contributed by atoms with van der Waals surface area (Å²) in [5.74, 6) is 0.0362. The second-order valence-electron chi connectivity index (χ2n) is 5.64. The van der Waals surface area contributed by atoms with E-state index < -0.39 is 0 Å². The molecule has 24 heavy (non-hydrogen) atoms. The van der Waals surface area contributed by atoms with E-state index in [9.17, 15) is 4.79 Å². The molecule has 0 aliphatic heterocycles. The van der Waals surface area contributed by atoms with Gasteiger partial charge in [0.15, 0.2) is 10.9 Å². The molecule has 4 rings (SSSR count). The maximum absolute atomic E-state index is 12.6. The van der Waals surface area contributed by atoms with Crippen LogP contribution in [-0.4, -0.2) is 10.9 Å². The van der Waals surface area contributed by atoms with Crippen molar-refractivity contribution in [1.82, 2.24) is 4.98 Å². The summed E-state index contributed by atoms with van der Waals surface area (Å²) >= 11 is 4.90. The van der Waals surface area contributed by atoms with Gasteiger partial charge in [-0.1, -0.05) is 33.3 Å². The maximum Gasteiger partial charge on any atom is 0.293 e. The van der Waals surface area contributed by atoms with Gasteiger partial charge in [-0.25, -0.2) is 4.98 Å².